The zero-order chi connectivity index (χ0) is 26.0. The van der Waals surface area contributed by atoms with Crippen molar-refractivity contribution in [3.63, 3.8) is 0 Å². The van der Waals surface area contributed by atoms with Gasteiger partial charge >= 0.3 is 5.97 Å². The quantitative estimate of drug-likeness (QED) is 0.343. The van der Waals surface area contributed by atoms with Crippen molar-refractivity contribution in [3.8, 4) is 0 Å². The minimum Gasteiger partial charge on any atom is -0.465 e. The maximum absolute atomic E-state index is 13.0. The number of carbonyl (C=O) groups is 4. The highest BCUT2D eigenvalue weighted by Gasteiger charge is 2.39. The van der Waals surface area contributed by atoms with Gasteiger partial charge in [0.25, 0.3) is 17.7 Å². The number of imide groups is 1. The molecule has 1 heterocycles. The first-order valence-electron chi connectivity index (χ1n) is 10.6. The molecule has 0 atom stereocenters. The SMILES string of the molecule is COC(=O)c1cccc(N2C(=O)C(Cl)=C(Nc3ccc(C(=O)Nc4cc(Cl)ccc4C)cc3)C2=O)c1. The van der Waals surface area contributed by atoms with E-state index >= 15 is 0 Å². The molecule has 0 aromatic heterocycles. The molecule has 1 aliphatic heterocycles. The van der Waals surface area contributed by atoms with Crippen molar-refractivity contribution < 1.29 is 23.9 Å². The van der Waals surface area contributed by atoms with Gasteiger partial charge in [-0.1, -0.05) is 35.3 Å². The van der Waals surface area contributed by atoms with Gasteiger partial charge < -0.3 is 15.4 Å². The number of nitrogens with one attached hydrogen (secondary N) is 2. The molecule has 1 aliphatic rings. The molecule has 3 amide bonds. The van der Waals surface area contributed by atoms with Crippen LogP contribution in [0.5, 0.6) is 0 Å². The van der Waals surface area contributed by atoms with Crippen LogP contribution in [-0.4, -0.2) is 30.8 Å². The second-order valence-electron chi connectivity index (χ2n) is 7.79. The summed E-state index contributed by atoms with van der Waals surface area (Å²) in [5.41, 5.74) is 2.48. The van der Waals surface area contributed by atoms with E-state index in [2.05, 4.69) is 15.4 Å². The molecular formula is C26H19Cl2N3O5. The maximum atomic E-state index is 13.0. The average Bonchev–Trinajstić information content (AvgIpc) is 3.09. The molecule has 0 unspecified atom stereocenters. The normalized spacial score (nSPS) is 13.2. The predicted molar refractivity (Wildman–Crippen MR) is 137 cm³/mol. The summed E-state index contributed by atoms with van der Waals surface area (Å²) < 4.78 is 4.69. The van der Waals surface area contributed by atoms with Crippen LogP contribution < -0.4 is 15.5 Å². The Bertz CT molecular complexity index is 1430. The zero-order valence-corrected chi connectivity index (χ0v) is 20.6. The Morgan fingerprint density at radius 2 is 1.61 bits per heavy atom. The summed E-state index contributed by atoms with van der Waals surface area (Å²) in [6, 6.07) is 17.4. The summed E-state index contributed by atoms with van der Waals surface area (Å²) in [5.74, 6) is -2.37. The van der Waals surface area contributed by atoms with Crippen LogP contribution in [0, 0.1) is 6.92 Å². The smallest absolute Gasteiger partial charge is 0.337 e. The van der Waals surface area contributed by atoms with Crippen molar-refractivity contribution in [2.24, 2.45) is 0 Å². The van der Waals surface area contributed by atoms with Crippen LogP contribution in [0.3, 0.4) is 0 Å². The Kier molecular flexibility index (Phi) is 7.10. The number of ether oxygens (including phenoxy) is 1. The third-order valence-corrected chi connectivity index (χ3v) is 6.00. The van der Waals surface area contributed by atoms with Crippen molar-refractivity contribution in [1.29, 1.82) is 0 Å². The average molecular weight is 524 g/mol. The molecule has 0 fully saturated rings. The van der Waals surface area contributed by atoms with E-state index in [1.165, 1.54) is 31.4 Å². The summed E-state index contributed by atoms with van der Waals surface area (Å²) in [5, 5.41) is 5.85. The molecule has 3 aromatic carbocycles. The highest BCUT2D eigenvalue weighted by Crippen LogP contribution is 2.31. The third kappa shape index (κ3) is 4.95. The standard InChI is InChI=1S/C26H19Cl2N3O5/c1-14-6-9-17(27)13-20(14)30-23(32)15-7-10-18(11-8-15)29-22-21(28)24(33)31(25(22)34)19-5-3-4-16(12-19)26(35)36-2/h3-13,29H,1-2H3,(H,30,32). The first-order valence-corrected chi connectivity index (χ1v) is 11.4. The lowest BCUT2D eigenvalue weighted by molar-refractivity contribution is -0.120. The van der Waals surface area contributed by atoms with Crippen molar-refractivity contribution >= 4 is 64.0 Å². The second-order valence-corrected chi connectivity index (χ2v) is 8.61. The number of esters is 1. The Hall–Kier alpha value is -4.14. The summed E-state index contributed by atoms with van der Waals surface area (Å²) in [4.78, 5) is 51.1. The lowest BCUT2D eigenvalue weighted by Gasteiger charge is -2.16. The number of hydrogen-bond donors (Lipinski definition) is 2. The van der Waals surface area contributed by atoms with Gasteiger partial charge in [0.05, 0.1) is 18.4 Å². The molecule has 36 heavy (non-hydrogen) atoms. The van der Waals surface area contributed by atoms with Crippen molar-refractivity contribution in [2.45, 2.75) is 6.92 Å². The minimum absolute atomic E-state index is 0.128. The second kappa shape index (κ2) is 10.2. The molecule has 8 nitrogen and oxygen atoms in total. The lowest BCUT2D eigenvalue weighted by atomic mass is 10.1. The molecular weight excluding hydrogens is 505 g/mol. The summed E-state index contributed by atoms with van der Waals surface area (Å²) in [7, 11) is 1.23. The highest BCUT2D eigenvalue weighted by molar-refractivity contribution is 6.53. The molecule has 2 N–H and O–H groups in total. The number of rotatable bonds is 6. The lowest BCUT2D eigenvalue weighted by Crippen LogP contribution is -2.32. The number of anilines is 3. The van der Waals surface area contributed by atoms with Crippen LogP contribution in [0.2, 0.25) is 5.02 Å². The molecule has 0 radical (unpaired) electrons. The van der Waals surface area contributed by atoms with E-state index < -0.39 is 17.8 Å². The topological polar surface area (TPSA) is 105 Å². The number of aryl methyl sites for hydroxylation is 1. The van der Waals surface area contributed by atoms with Crippen LogP contribution in [-0.2, 0) is 14.3 Å². The number of carbonyl (C=O) groups excluding carboxylic acids is 4. The van der Waals surface area contributed by atoms with E-state index in [-0.39, 0.29) is 27.9 Å². The molecule has 10 heteroatoms. The fourth-order valence-electron chi connectivity index (χ4n) is 3.51. The van der Waals surface area contributed by atoms with Gasteiger partial charge in [-0.25, -0.2) is 9.69 Å². The van der Waals surface area contributed by atoms with Crippen LogP contribution in [0.25, 0.3) is 0 Å². The summed E-state index contributed by atoms with van der Waals surface area (Å²) in [6.07, 6.45) is 0. The first-order chi connectivity index (χ1) is 17.2. The molecule has 0 bridgehead atoms. The number of halogens is 2. The number of hydrogen-bond acceptors (Lipinski definition) is 6. The molecule has 0 spiro atoms. The Morgan fingerprint density at radius 1 is 0.889 bits per heavy atom. The van der Waals surface area contributed by atoms with Gasteiger partial charge in [0.1, 0.15) is 10.7 Å². The van der Waals surface area contributed by atoms with Gasteiger partial charge in [-0.2, -0.15) is 0 Å². The summed E-state index contributed by atoms with van der Waals surface area (Å²) >= 11 is 12.2. The number of benzene rings is 3. The summed E-state index contributed by atoms with van der Waals surface area (Å²) in [6.45, 7) is 1.85. The van der Waals surface area contributed by atoms with E-state index in [9.17, 15) is 19.2 Å². The Balaban J connectivity index is 1.50. The number of nitrogens with zero attached hydrogens (tertiary/aromatic N) is 1. The minimum atomic E-state index is -0.737. The monoisotopic (exact) mass is 523 g/mol. The largest absolute Gasteiger partial charge is 0.465 e. The highest BCUT2D eigenvalue weighted by atomic mass is 35.5. The van der Waals surface area contributed by atoms with Crippen molar-refractivity contribution in [2.75, 3.05) is 22.6 Å². The van der Waals surface area contributed by atoms with E-state index in [1.54, 1.807) is 42.5 Å². The Labute approximate surface area is 216 Å². The molecule has 0 saturated carbocycles. The van der Waals surface area contributed by atoms with E-state index in [1.807, 2.05) is 6.92 Å². The van der Waals surface area contributed by atoms with E-state index in [0.29, 0.717) is 22.0 Å². The van der Waals surface area contributed by atoms with Gasteiger partial charge in [0.15, 0.2) is 0 Å². The number of methoxy groups -OCH3 is 1. The molecule has 0 aliphatic carbocycles. The molecule has 182 valence electrons. The van der Waals surface area contributed by atoms with Gasteiger partial charge in [-0.15, -0.1) is 0 Å². The zero-order valence-electron chi connectivity index (χ0n) is 19.1. The van der Waals surface area contributed by atoms with Gasteiger partial charge in [0.2, 0.25) is 0 Å². The maximum Gasteiger partial charge on any atom is 0.337 e. The van der Waals surface area contributed by atoms with Crippen LogP contribution in [0.15, 0.2) is 77.5 Å². The fourth-order valence-corrected chi connectivity index (χ4v) is 3.89. The first kappa shape index (κ1) is 25.0. The van der Waals surface area contributed by atoms with Crippen LogP contribution >= 0.6 is 23.2 Å². The Morgan fingerprint density at radius 3 is 2.31 bits per heavy atom. The molecule has 4 rings (SSSR count). The van der Waals surface area contributed by atoms with Crippen molar-refractivity contribution in [1.82, 2.24) is 0 Å². The van der Waals surface area contributed by atoms with Crippen molar-refractivity contribution in [3.05, 3.63) is 99.2 Å². The van der Waals surface area contributed by atoms with E-state index in [0.717, 1.165) is 10.5 Å². The fraction of sp³-hybridized carbons (Fsp3) is 0.0769. The third-order valence-electron chi connectivity index (χ3n) is 5.42. The van der Waals surface area contributed by atoms with Crippen LogP contribution in [0.1, 0.15) is 26.3 Å². The predicted octanol–water partition coefficient (Wildman–Crippen LogP) is 5.12. The number of amides is 3. The molecule has 0 saturated heterocycles. The van der Waals surface area contributed by atoms with Gasteiger partial charge in [-0.3, -0.25) is 14.4 Å². The molecule has 3 aromatic rings. The van der Waals surface area contributed by atoms with Gasteiger partial charge in [0, 0.05) is 22.0 Å². The van der Waals surface area contributed by atoms with E-state index in [4.69, 9.17) is 23.2 Å². The van der Waals surface area contributed by atoms with Crippen LogP contribution in [0.4, 0.5) is 17.1 Å². The van der Waals surface area contributed by atoms with Gasteiger partial charge in [-0.05, 0) is 67.1 Å².